The fourth-order valence-electron chi connectivity index (χ4n) is 5.37. The second-order valence-electron chi connectivity index (χ2n) is 14.4. The number of alkyl carbamates (subject to hydrolysis) is 1. The lowest BCUT2D eigenvalue weighted by Crippen LogP contribution is -2.51. The minimum Gasteiger partial charge on any atom is -0.444 e. The lowest BCUT2D eigenvalue weighted by Gasteiger charge is -2.32. The second-order valence-corrected chi connectivity index (χ2v) is 14.4. The van der Waals surface area contributed by atoms with Gasteiger partial charge >= 0.3 is 6.09 Å². The highest BCUT2D eigenvalue weighted by Gasteiger charge is 2.32. The Bertz CT molecular complexity index is 1710. The molecule has 5 N–H and O–H groups in total. The summed E-state index contributed by atoms with van der Waals surface area (Å²) in [4.78, 5) is 50.8. The Hall–Kier alpha value is -4.99. The van der Waals surface area contributed by atoms with E-state index in [1.54, 1.807) is 27.0 Å². The first-order chi connectivity index (χ1) is 24.9. The molecule has 13 nitrogen and oxygen atoms in total. The number of hydrogen-bond donors (Lipinski definition) is 5. The van der Waals surface area contributed by atoms with Crippen LogP contribution in [0.15, 0.2) is 66.9 Å². The summed E-state index contributed by atoms with van der Waals surface area (Å²) in [6.07, 6.45) is 3.86. The van der Waals surface area contributed by atoms with Crippen LogP contribution in [0.25, 0.3) is 5.69 Å². The summed E-state index contributed by atoms with van der Waals surface area (Å²) in [5.74, 6) is -2.68. The van der Waals surface area contributed by atoms with Gasteiger partial charge in [0.1, 0.15) is 29.0 Å². The van der Waals surface area contributed by atoms with Gasteiger partial charge in [-0.2, -0.15) is 5.10 Å². The molecule has 1 aliphatic heterocycles. The van der Waals surface area contributed by atoms with Gasteiger partial charge < -0.3 is 30.9 Å². The first kappa shape index (κ1) is 42.4. The Labute approximate surface area is 308 Å². The van der Waals surface area contributed by atoms with Crippen molar-refractivity contribution < 1.29 is 42.9 Å². The number of aliphatic hydroxyl groups is 2. The van der Waals surface area contributed by atoms with Crippen molar-refractivity contribution in [1.29, 1.82) is 0 Å². The van der Waals surface area contributed by atoms with E-state index in [4.69, 9.17) is 20.0 Å². The van der Waals surface area contributed by atoms with E-state index in [-0.39, 0.29) is 45.0 Å². The summed E-state index contributed by atoms with van der Waals surface area (Å²) in [6.45, 7) is 11.1. The number of nitrogens with zero attached hydrogens (tertiary/aromatic N) is 3. The van der Waals surface area contributed by atoms with E-state index in [0.29, 0.717) is 12.1 Å². The molecule has 1 aliphatic rings. The number of carbonyl (C=O) groups excluding carboxylic acids is 4. The molecule has 0 spiro atoms. The minimum atomic E-state index is -1.03. The van der Waals surface area contributed by atoms with Crippen LogP contribution in [0.3, 0.4) is 0 Å². The van der Waals surface area contributed by atoms with Crippen molar-refractivity contribution in [3.63, 3.8) is 0 Å². The maximum atomic E-state index is 14.9. The molecule has 0 unspecified atom stereocenters. The average molecular weight is 741 g/mol. The van der Waals surface area contributed by atoms with Crippen LogP contribution in [0.4, 0.5) is 13.6 Å². The number of aromatic nitrogens is 2. The number of nitrogens with one attached hydrogen (secondary N) is 3. The molecule has 0 saturated carbocycles. The van der Waals surface area contributed by atoms with Gasteiger partial charge in [0.2, 0.25) is 5.91 Å². The fraction of sp³-hybridized carbons (Fsp3) is 0.447. The number of hydrogen-bond acceptors (Lipinski definition) is 9. The zero-order valence-corrected chi connectivity index (χ0v) is 31.0. The Kier molecular flexibility index (Phi) is 15.4. The van der Waals surface area contributed by atoms with Gasteiger partial charge in [-0.15, -0.1) is 0 Å². The van der Waals surface area contributed by atoms with Crippen molar-refractivity contribution in [1.82, 2.24) is 30.6 Å². The van der Waals surface area contributed by atoms with Crippen LogP contribution in [0.1, 0.15) is 70.8 Å². The molecule has 0 fully saturated rings. The monoisotopic (exact) mass is 740 g/mol. The highest BCUT2D eigenvalue weighted by molar-refractivity contribution is 6.12. The Morgan fingerprint density at radius 1 is 0.925 bits per heavy atom. The molecule has 2 atom stereocenters. The number of ether oxygens (including phenoxy) is 1. The first-order valence-corrected chi connectivity index (χ1v) is 17.3. The fourth-order valence-corrected chi connectivity index (χ4v) is 5.37. The summed E-state index contributed by atoms with van der Waals surface area (Å²) in [7, 11) is 0. The normalized spacial score (nSPS) is 14.0. The Balaban J connectivity index is 0.00000180. The molecule has 4 amide bonds. The molecule has 0 aliphatic carbocycles. The molecule has 53 heavy (non-hydrogen) atoms. The van der Waals surface area contributed by atoms with Gasteiger partial charge in [0.05, 0.1) is 24.9 Å². The van der Waals surface area contributed by atoms with E-state index in [1.165, 1.54) is 4.68 Å². The van der Waals surface area contributed by atoms with Crippen LogP contribution in [-0.4, -0.2) is 93.2 Å². The maximum absolute atomic E-state index is 14.9. The predicted molar refractivity (Wildman–Crippen MR) is 194 cm³/mol. The molecule has 2 aromatic carbocycles. The van der Waals surface area contributed by atoms with Gasteiger partial charge in [-0.3, -0.25) is 19.3 Å². The largest absolute Gasteiger partial charge is 0.444 e. The summed E-state index contributed by atoms with van der Waals surface area (Å²) < 4.78 is 35.8. The predicted octanol–water partition coefficient (Wildman–Crippen LogP) is 3.71. The van der Waals surface area contributed by atoms with Crippen LogP contribution in [-0.2, 0) is 25.5 Å². The number of imide groups is 1. The van der Waals surface area contributed by atoms with Crippen LogP contribution in [0.2, 0.25) is 0 Å². The van der Waals surface area contributed by atoms with Gasteiger partial charge in [0.15, 0.2) is 0 Å². The Morgan fingerprint density at radius 3 is 2.15 bits per heavy atom. The van der Waals surface area contributed by atoms with Gasteiger partial charge in [0.25, 0.3) is 11.8 Å². The zero-order valence-electron chi connectivity index (χ0n) is 31.0. The lowest BCUT2D eigenvalue weighted by molar-refractivity contribution is -0.137. The van der Waals surface area contributed by atoms with Crippen molar-refractivity contribution in [3.05, 3.63) is 95.3 Å². The van der Waals surface area contributed by atoms with Gasteiger partial charge in [-0.25, -0.2) is 18.3 Å². The van der Waals surface area contributed by atoms with Crippen LogP contribution in [0, 0.1) is 17.0 Å². The molecule has 15 heteroatoms. The molecule has 288 valence electrons. The summed E-state index contributed by atoms with van der Waals surface area (Å²) in [6, 6.07) is 11.4. The maximum Gasteiger partial charge on any atom is 0.408 e. The van der Waals surface area contributed by atoms with Gasteiger partial charge in [0, 0.05) is 43.9 Å². The van der Waals surface area contributed by atoms with Gasteiger partial charge in [-0.1, -0.05) is 51.1 Å². The standard InChI is InChI=1S/C36H44F2N6O5.C2H6O2/c1-35(2,3)32(31-24(20-23-10-8-7-9-11-23)22-44(42-31)28-21-25(37)12-13-26(28)38)39-17-16-27(41-34(48)49-36(4,5)6)33(47)40-18-19-43-29(45)14-15-30(43)46;3-1-2-4/h7-15,21-22,27,32,39H,16-20H2,1-6H3,(H,40,47)(H,41,48);3-4H,1-2H2/t27-,32-;/m0./s1. The summed E-state index contributed by atoms with van der Waals surface area (Å²) >= 11 is 0. The number of carbonyl (C=O) groups is 4. The first-order valence-electron chi connectivity index (χ1n) is 17.3. The zero-order chi connectivity index (χ0) is 39.3. The van der Waals surface area contributed by atoms with Crippen LogP contribution < -0.4 is 16.0 Å². The Morgan fingerprint density at radius 2 is 1.57 bits per heavy atom. The van der Waals surface area contributed by atoms with E-state index in [9.17, 15) is 28.0 Å². The topological polar surface area (TPSA) is 175 Å². The molecular formula is C38H50F2N6O7. The molecule has 4 rings (SSSR count). The van der Waals surface area contributed by atoms with Crippen molar-refractivity contribution in [2.75, 3.05) is 32.8 Å². The highest BCUT2D eigenvalue weighted by atomic mass is 19.1. The summed E-state index contributed by atoms with van der Waals surface area (Å²) in [5.41, 5.74) is 1.14. The lowest BCUT2D eigenvalue weighted by atomic mass is 9.83. The summed E-state index contributed by atoms with van der Waals surface area (Å²) in [5, 5.41) is 28.8. The van der Waals surface area contributed by atoms with Crippen LogP contribution in [0.5, 0.6) is 0 Å². The number of halogens is 2. The van der Waals surface area contributed by atoms with Gasteiger partial charge in [-0.05, 0) is 62.4 Å². The number of aliphatic hydroxyl groups excluding tert-OH is 2. The number of benzene rings is 2. The number of amides is 4. The third-order valence-corrected chi connectivity index (χ3v) is 7.78. The van der Waals surface area contributed by atoms with Crippen molar-refractivity contribution in [2.24, 2.45) is 5.41 Å². The second kappa shape index (κ2) is 19.2. The third-order valence-electron chi connectivity index (χ3n) is 7.78. The third kappa shape index (κ3) is 13.2. The quantitative estimate of drug-likeness (QED) is 0.154. The van der Waals surface area contributed by atoms with Crippen molar-refractivity contribution in [2.45, 2.75) is 72.1 Å². The molecule has 0 bridgehead atoms. The van der Waals surface area contributed by atoms with E-state index in [0.717, 1.165) is 46.4 Å². The van der Waals surface area contributed by atoms with Crippen molar-refractivity contribution >= 4 is 23.8 Å². The molecule has 0 saturated heterocycles. The van der Waals surface area contributed by atoms with E-state index in [2.05, 4.69) is 16.0 Å². The molecule has 1 aromatic heterocycles. The van der Waals surface area contributed by atoms with E-state index < -0.39 is 58.5 Å². The molecular weight excluding hydrogens is 690 g/mol. The molecule has 0 radical (unpaired) electrons. The molecule has 2 heterocycles. The number of rotatable bonds is 14. The van der Waals surface area contributed by atoms with Crippen LogP contribution >= 0.6 is 0 Å². The van der Waals surface area contributed by atoms with E-state index >= 15 is 0 Å². The van der Waals surface area contributed by atoms with Crippen molar-refractivity contribution in [3.8, 4) is 5.69 Å². The highest BCUT2D eigenvalue weighted by Crippen LogP contribution is 2.35. The molecule has 3 aromatic rings. The smallest absolute Gasteiger partial charge is 0.408 e. The van der Waals surface area contributed by atoms with E-state index in [1.807, 2.05) is 51.1 Å². The minimum absolute atomic E-state index is 0.0144. The SMILES string of the molecule is CC(C)(C)OC(=O)N[C@@H](CCN[C@@H](c1nn(-c2cc(F)ccc2F)cc1Cc1ccccc1)C(C)(C)C)C(=O)NCCN1C(=O)C=CC1=O.OCCO. The average Bonchev–Trinajstić information content (AvgIpc) is 3.63.